The van der Waals surface area contributed by atoms with E-state index in [9.17, 15) is 9.59 Å². The summed E-state index contributed by atoms with van der Waals surface area (Å²) in [6.07, 6.45) is 0.734. The van der Waals surface area contributed by atoms with Gasteiger partial charge in [0, 0.05) is 13.1 Å². The van der Waals surface area contributed by atoms with Gasteiger partial charge in [-0.3, -0.25) is 9.59 Å². The molecule has 23 heavy (non-hydrogen) atoms. The van der Waals surface area contributed by atoms with E-state index in [0.717, 1.165) is 11.3 Å². The Kier molecular flexibility index (Phi) is 5.98. The summed E-state index contributed by atoms with van der Waals surface area (Å²) in [7, 11) is 1.60. The van der Waals surface area contributed by atoms with Gasteiger partial charge in [0.25, 0.3) is 5.91 Å². The number of carbonyl (C=O) groups is 2. The van der Waals surface area contributed by atoms with Crippen LogP contribution in [0, 0.1) is 5.92 Å². The van der Waals surface area contributed by atoms with Gasteiger partial charge in [-0.1, -0.05) is 12.1 Å². The van der Waals surface area contributed by atoms with Gasteiger partial charge in [-0.2, -0.15) is 0 Å². The second-order valence-corrected chi connectivity index (χ2v) is 5.77. The Bertz CT molecular complexity index is 560. The van der Waals surface area contributed by atoms with Crippen LogP contribution in [0.15, 0.2) is 24.3 Å². The van der Waals surface area contributed by atoms with Crippen LogP contribution in [0.2, 0.25) is 0 Å². The van der Waals surface area contributed by atoms with Crippen LogP contribution in [-0.2, 0) is 20.9 Å². The van der Waals surface area contributed by atoms with Crippen LogP contribution < -0.4 is 4.74 Å². The van der Waals surface area contributed by atoms with Gasteiger partial charge in [0.2, 0.25) is 0 Å². The molecule has 126 valence electrons. The lowest BCUT2D eigenvalue weighted by Crippen LogP contribution is -2.46. The van der Waals surface area contributed by atoms with Crippen molar-refractivity contribution in [1.29, 1.82) is 0 Å². The molecule has 0 spiro atoms. The summed E-state index contributed by atoms with van der Waals surface area (Å²) in [5.41, 5.74) is 0.922. The number of amides is 1. The second kappa shape index (κ2) is 7.97. The van der Waals surface area contributed by atoms with E-state index in [2.05, 4.69) is 0 Å². The average Bonchev–Trinajstić information content (AvgIpc) is 2.59. The second-order valence-electron chi connectivity index (χ2n) is 5.77. The number of hydrogen-bond donors (Lipinski definition) is 1. The molecular formula is C17H23NO5. The number of ether oxygens (including phenoxy) is 2. The Morgan fingerprint density at radius 1 is 1.43 bits per heavy atom. The molecule has 1 N–H and O–H groups in total. The van der Waals surface area contributed by atoms with Crippen molar-refractivity contribution in [2.24, 2.45) is 5.92 Å². The molecule has 1 aromatic rings. The van der Waals surface area contributed by atoms with Crippen LogP contribution in [0.4, 0.5) is 0 Å². The molecule has 1 saturated heterocycles. The maximum absolute atomic E-state index is 12.4. The molecule has 2 rings (SSSR count). The molecule has 1 fully saturated rings. The Morgan fingerprint density at radius 3 is 2.91 bits per heavy atom. The lowest BCUT2D eigenvalue weighted by atomic mass is 9.98. The molecule has 0 saturated carbocycles. The van der Waals surface area contributed by atoms with E-state index in [-0.39, 0.29) is 12.5 Å². The molecular weight excluding hydrogens is 298 g/mol. The lowest BCUT2D eigenvalue weighted by molar-refractivity contribution is -0.150. The maximum Gasteiger partial charge on any atom is 0.308 e. The number of likely N-dealkylation sites (tertiary alicyclic amines) is 1. The molecule has 0 unspecified atom stereocenters. The van der Waals surface area contributed by atoms with Crippen molar-refractivity contribution in [3.05, 3.63) is 29.8 Å². The highest BCUT2D eigenvalue weighted by Gasteiger charge is 2.30. The number of aliphatic carboxylic acids is 1. The van der Waals surface area contributed by atoms with Gasteiger partial charge in [-0.25, -0.2) is 0 Å². The SMILES string of the molecule is COc1cccc(CO[C@@H](C)C(=O)N2CCC[C@@H](C(=O)O)C2)c1. The first-order valence-electron chi connectivity index (χ1n) is 7.77. The minimum absolute atomic E-state index is 0.154. The number of piperidine rings is 1. The molecule has 1 aliphatic rings. The Morgan fingerprint density at radius 2 is 2.22 bits per heavy atom. The predicted octanol–water partition coefficient (Wildman–Crippen LogP) is 1.92. The molecule has 1 amide bonds. The number of methoxy groups -OCH3 is 1. The summed E-state index contributed by atoms with van der Waals surface area (Å²) in [5.74, 6) is -0.727. The van der Waals surface area contributed by atoms with Crippen LogP contribution in [0.5, 0.6) is 5.75 Å². The first kappa shape index (κ1) is 17.3. The standard InChI is InChI=1S/C17H23NO5/c1-12(23-11-13-5-3-7-15(9-13)22-2)16(19)18-8-4-6-14(10-18)17(20)21/h3,5,7,9,12,14H,4,6,8,10-11H2,1-2H3,(H,20,21)/t12-,14+/m0/s1. The van der Waals surface area contributed by atoms with Gasteiger partial charge >= 0.3 is 5.97 Å². The van der Waals surface area contributed by atoms with Crippen molar-refractivity contribution >= 4 is 11.9 Å². The molecule has 2 atom stereocenters. The fourth-order valence-electron chi connectivity index (χ4n) is 2.69. The first-order valence-corrected chi connectivity index (χ1v) is 7.77. The van der Waals surface area contributed by atoms with Crippen molar-refractivity contribution < 1.29 is 24.2 Å². The van der Waals surface area contributed by atoms with Crippen LogP contribution in [0.1, 0.15) is 25.3 Å². The third kappa shape index (κ3) is 4.69. The van der Waals surface area contributed by atoms with Crippen molar-refractivity contribution in [3.63, 3.8) is 0 Å². The van der Waals surface area contributed by atoms with E-state index in [4.69, 9.17) is 14.6 Å². The smallest absolute Gasteiger partial charge is 0.308 e. The quantitative estimate of drug-likeness (QED) is 0.866. The molecule has 6 heteroatoms. The summed E-state index contributed by atoms with van der Waals surface area (Å²) in [6.45, 7) is 2.86. The van der Waals surface area contributed by atoms with Gasteiger partial charge in [-0.05, 0) is 37.5 Å². The molecule has 1 heterocycles. The Hall–Kier alpha value is -2.08. The lowest BCUT2D eigenvalue weighted by Gasteiger charge is -2.32. The fraction of sp³-hybridized carbons (Fsp3) is 0.529. The molecule has 0 aliphatic carbocycles. The third-order valence-electron chi connectivity index (χ3n) is 4.06. The summed E-state index contributed by atoms with van der Waals surface area (Å²) in [6, 6.07) is 7.48. The van der Waals surface area contributed by atoms with Crippen LogP contribution in [0.3, 0.4) is 0 Å². The van der Waals surface area contributed by atoms with E-state index in [0.29, 0.717) is 26.0 Å². The average molecular weight is 321 g/mol. The largest absolute Gasteiger partial charge is 0.497 e. The number of hydrogen-bond acceptors (Lipinski definition) is 4. The number of nitrogens with zero attached hydrogens (tertiary/aromatic N) is 1. The zero-order valence-electron chi connectivity index (χ0n) is 13.5. The Labute approximate surface area is 136 Å². The fourth-order valence-corrected chi connectivity index (χ4v) is 2.69. The number of rotatable bonds is 6. The number of benzene rings is 1. The topological polar surface area (TPSA) is 76.1 Å². The summed E-state index contributed by atoms with van der Waals surface area (Å²) >= 11 is 0. The zero-order chi connectivity index (χ0) is 16.8. The van der Waals surface area contributed by atoms with Gasteiger partial charge in [0.1, 0.15) is 11.9 Å². The maximum atomic E-state index is 12.4. The van der Waals surface area contributed by atoms with E-state index in [1.165, 1.54) is 0 Å². The van der Waals surface area contributed by atoms with Crippen LogP contribution in [0.25, 0.3) is 0 Å². The van der Waals surface area contributed by atoms with Crippen LogP contribution in [-0.4, -0.2) is 48.2 Å². The van der Waals surface area contributed by atoms with Crippen molar-refractivity contribution in [2.75, 3.05) is 20.2 Å². The van der Waals surface area contributed by atoms with E-state index >= 15 is 0 Å². The van der Waals surface area contributed by atoms with Crippen LogP contribution >= 0.6 is 0 Å². The number of carboxylic acid groups (broad SMARTS) is 1. The molecule has 0 bridgehead atoms. The van der Waals surface area contributed by atoms with E-state index < -0.39 is 18.0 Å². The highest BCUT2D eigenvalue weighted by Crippen LogP contribution is 2.19. The highest BCUT2D eigenvalue weighted by molar-refractivity contribution is 5.81. The van der Waals surface area contributed by atoms with Crippen molar-refractivity contribution in [1.82, 2.24) is 4.90 Å². The summed E-state index contributed by atoms with van der Waals surface area (Å²) in [5, 5.41) is 9.10. The zero-order valence-corrected chi connectivity index (χ0v) is 13.5. The molecule has 1 aliphatic heterocycles. The minimum Gasteiger partial charge on any atom is -0.497 e. The van der Waals surface area contributed by atoms with Gasteiger partial charge in [-0.15, -0.1) is 0 Å². The minimum atomic E-state index is -0.840. The monoisotopic (exact) mass is 321 g/mol. The first-order chi connectivity index (χ1) is 11.0. The highest BCUT2D eigenvalue weighted by atomic mass is 16.5. The number of carboxylic acids is 1. The molecule has 6 nitrogen and oxygen atoms in total. The molecule has 0 radical (unpaired) electrons. The van der Waals surface area contributed by atoms with Crippen molar-refractivity contribution in [3.8, 4) is 5.75 Å². The summed E-state index contributed by atoms with van der Waals surface area (Å²) in [4.78, 5) is 25.1. The van der Waals surface area contributed by atoms with Gasteiger partial charge < -0.3 is 19.5 Å². The van der Waals surface area contributed by atoms with Gasteiger partial charge in [0.05, 0.1) is 19.6 Å². The number of carbonyl (C=O) groups excluding carboxylic acids is 1. The predicted molar refractivity (Wildman–Crippen MR) is 84.2 cm³/mol. The summed E-state index contributed by atoms with van der Waals surface area (Å²) < 4.78 is 10.8. The van der Waals surface area contributed by atoms with Crippen molar-refractivity contribution in [2.45, 2.75) is 32.5 Å². The molecule has 1 aromatic carbocycles. The molecule has 0 aromatic heterocycles. The van der Waals surface area contributed by atoms with E-state index in [1.807, 2.05) is 24.3 Å². The normalized spacial score (nSPS) is 19.2. The third-order valence-corrected chi connectivity index (χ3v) is 4.06. The Balaban J connectivity index is 1.88. The van der Waals surface area contributed by atoms with E-state index in [1.54, 1.807) is 18.9 Å². The van der Waals surface area contributed by atoms with Gasteiger partial charge in [0.15, 0.2) is 0 Å².